The second-order valence-electron chi connectivity index (χ2n) is 4.48. The van der Waals surface area contributed by atoms with Gasteiger partial charge in [-0.25, -0.2) is 8.42 Å². The van der Waals surface area contributed by atoms with Gasteiger partial charge in [0.1, 0.15) is 0 Å². The lowest BCUT2D eigenvalue weighted by Gasteiger charge is -2.29. The lowest BCUT2D eigenvalue weighted by molar-refractivity contribution is 0.108. The molecule has 5 heteroatoms. The first-order valence-electron chi connectivity index (χ1n) is 5.75. The molecule has 0 radical (unpaired) electrons. The van der Waals surface area contributed by atoms with Gasteiger partial charge in [-0.15, -0.1) is 0 Å². The molecule has 0 unspecified atom stereocenters. The summed E-state index contributed by atoms with van der Waals surface area (Å²) in [6, 6.07) is 6.87. The monoisotopic (exact) mass is 255 g/mol. The summed E-state index contributed by atoms with van der Waals surface area (Å²) in [5.41, 5.74) is 0.920. The molecule has 0 spiro atoms. The molecule has 94 valence electrons. The Balaban J connectivity index is 2.29. The molecular formula is C12H17NO3S. The summed E-state index contributed by atoms with van der Waals surface area (Å²) in [5, 5.41) is 9.54. The van der Waals surface area contributed by atoms with E-state index in [1.54, 1.807) is 18.2 Å². The van der Waals surface area contributed by atoms with Gasteiger partial charge in [0.2, 0.25) is 10.0 Å². The first-order valence-corrected chi connectivity index (χ1v) is 7.19. The number of sulfonamides is 1. The Kier molecular flexibility index (Phi) is 3.51. The molecule has 1 aromatic carbocycles. The molecule has 0 saturated carbocycles. The number of rotatable bonds is 2. The molecule has 1 aliphatic heterocycles. The van der Waals surface area contributed by atoms with Crippen molar-refractivity contribution in [3.8, 4) is 0 Å². The summed E-state index contributed by atoms with van der Waals surface area (Å²) < 4.78 is 26.0. The third kappa shape index (κ3) is 2.68. The Morgan fingerprint density at radius 3 is 2.82 bits per heavy atom. The predicted octanol–water partition coefficient (Wildman–Crippen LogP) is 1.14. The summed E-state index contributed by atoms with van der Waals surface area (Å²) in [4.78, 5) is 0.312. The van der Waals surface area contributed by atoms with Crippen LogP contribution in [0.1, 0.15) is 18.4 Å². The van der Waals surface area contributed by atoms with Crippen LogP contribution in [0.2, 0.25) is 0 Å². The smallest absolute Gasteiger partial charge is 0.243 e. The number of piperidine rings is 1. The molecular weight excluding hydrogens is 238 g/mol. The molecule has 1 N–H and O–H groups in total. The van der Waals surface area contributed by atoms with Crippen LogP contribution in [0.15, 0.2) is 29.2 Å². The van der Waals surface area contributed by atoms with Crippen LogP contribution in [0.3, 0.4) is 0 Å². The van der Waals surface area contributed by atoms with Crippen molar-refractivity contribution >= 4 is 10.0 Å². The van der Waals surface area contributed by atoms with Gasteiger partial charge in [-0.05, 0) is 37.5 Å². The van der Waals surface area contributed by atoms with E-state index < -0.39 is 16.1 Å². The first kappa shape index (κ1) is 12.5. The van der Waals surface area contributed by atoms with Gasteiger partial charge in [0.25, 0.3) is 0 Å². The Morgan fingerprint density at radius 1 is 1.41 bits per heavy atom. The lowest BCUT2D eigenvalue weighted by Crippen LogP contribution is -2.42. The summed E-state index contributed by atoms with van der Waals surface area (Å²) in [7, 11) is -3.44. The quantitative estimate of drug-likeness (QED) is 0.862. The Bertz CT molecular complexity index is 498. The molecule has 1 aliphatic rings. The van der Waals surface area contributed by atoms with E-state index in [0.29, 0.717) is 24.3 Å². The molecule has 0 amide bonds. The highest BCUT2D eigenvalue weighted by Gasteiger charge is 2.29. The van der Waals surface area contributed by atoms with E-state index in [0.717, 1.165) is 5.56 Å². The summed E-state index contributed by atoms with van der Waals surface area (Å²) in [6.07, 6.45) is 0.856. The maximum Gasteiger partial charge on any atom is 0.243 e. The third-order valence-electron chi connectivity index (χ3n) is 2.99. The van der Waals surface area contributed by atoms with Gasteiger partial charge in [0, 0.05) is 13.1 Å². The van der Waals surface area contributed by atoms with Crippen LogP contribution in [0.5, 0.6) is 0 Å². The van der Waals surface area contributed by atoms with E-state index in [1.165, 1.54) is 4.31 Å². The van der Waals surface area contributed by atoms with Crippen molar-refractivity contribution in [1.29, 1.82) is 0 Å². The minimum Gasteiger partial charge on any atom is -0.392 e. The number of nitrogens with zero attached hydrogens (tertiary/aromatic N) is 1. The third-order valence-corrected chi connectivity index (χ3v) is 4.85. The van der Waals surface area contributed by atoms with Crippen molar-refractivity contribution in [1.82, 2.24) is 4.31 Å². The second-order valence-corrected chi connectivity index (χ2v) is 6.41. The van der Waals surface area contributed by atoms with Crippen molar-refractivity contribution < 1.29 is 13.5 Å². The number of β-amino-alcohol motifs (C(OH)–C–C–N with tert-alkyl or cyclic N) is 1. The Labute approximate surface area is 102 Å². The van der Waals surface area contributed by atoms with Crippen LogP contribution < -0.4 is 0 Å². The zero-order chi connectivity index (χ0) is 12.5. The molecule has 0 aliphatic carbocycles. The molecule has 1 fully saturated rings. The van der Waals surface area contributed by atoms with Gasteiger partial charge in [-0.1, -0.05) is 12.1 Å². The van der Waals surface area contributed by atoms with E-state index in [9.17, 15) is 13.5 Å². The van der Waals surface area contributed by atoms with Crippen LogP contribution in [0.25, 0.3) is 0 Å². The molecule has 0 aromatic heterocycles. The average Bonchev–Trinajstić information content (AvgIpc) is 2.29. The molecule has 0 bridgehead atoms. The summed E-state index contributed by atoms with van der Waals surface area (Å²) in [6.45, 7) is 2.56. The highest BCUT2D eigenvalue weighted by atomic mass is 32.2. The zero-order valence-electron chi connectivity index (χ0n) is 9.83. The molecule has 1 heterocycles. The molecule has 1 aromatic rings. The fourth-order valence-electron chi connectivity index (χ4n) is 2.06. The molecule has 17 heavy (non-hydrogen) atoms. The van der Waals surface area contributed by atoms with Crippen molar-refractivity contribution in [2.45, 2.75) is 30.8 Å². The minimum atomic E-state index is -3.44. The van der Waals surface area contributed by atoms with Crippen LogP contribution in [0.4, 0.5) is 0 Å². The van der Waals surface area contributed by atoms with E-state index in [2.05, 4.69) is 0 Å². The maximum atomic E-state index is 12.3. The number of aliphatic hydroxyl groups is 1. The average molecular weight is 255 g/mol. The van der Waals surface area contributed by atoms with Crippen molar-refractivity contribution in [3.63, 3.8) is 0 Å². The maximum absolute atomic E-state index is 12.3. The van der Waals surface area contributed by atoms with E-state index >= 15 is 0 Å². The number of benzene rings is 1. The fourth-order valence-corrected chi connectivity index (χ4v) is 3.69. The van der Waals surface area contributed by atoms with Gasteiger partial charge in [0.05, 0.1) is 11.0 Å². The minimum absolute atomic E-state index is 0.205. The second kappa shape index (κ2) is 4.76. The number of aliphatic hydroxyl groups excluding tert-OH is 1. The van der Waals surface area contributed by atoms with Gasteiger partial charge >= 0.3 is 0 Å². The topological polar surface area (TPSA) is 57.6 Å². The molecule has 1 atom stereocenters. The highest BCUT2D eigenvalue weighted by molar-refractivity contribution is 7.89. The van der Waals surface area contributed by atoms with E-state index in [4.69, 9.17) is 0 Å². The van der Waals surface area contributed by atoms with Crippen LogP contribution in [-0.2, 0) is 10.0 Å². The number of aryl methyl sites for hydroxylation is 1. The lowest BCUT2D eigenvalue weighted by atomic mass is 10.1. The Hall–Kier alpha value is -0.910. The van der Waals surface area contributed by atoms with Gasteiger partial charge in [-0.2, -0.15) is 4.31 Å². The van der Waals surface area contributed by atoms with Crippen LogP contribution in [0, 0.1) is 6.92 Å². The Morgan fingerprint density at radius 2 is 2.18 bits per heavy atom. The largest absolute Gasteiger partial charge is 0.392 e. The highest BCUT2D eigenvalue weighted by Crippen LogP contribution is 2.21. The normalized spacial score (nSPS) is 22.6. The summed E-state index contributed by atoms with van der Waals surface area (Å²) >= 11 is 0. The van der Waals surface area contributed by atoms with E-state index in [-0.39, 0.29) is 6.54 Å². The zero-order valence-corrected chi connectivity index (χ0v) is 10.7. The fraction of sp³-hybridized carbons (Fsp3) is 0.500. The predicted molar refractivity (Wildman–Crippen MR) is 65.2 cm³/mol. The SMILES string of the molecule is Cc1cccc(S(=O)(=O)N2CCC[C@@H](O)C2)c1. The molecule has 2 rings (SSSR count). The van der Waals surface area contributed by atoms with Crippen LogP contribution >= 0.6 is 0 Å². The van der Waals surface area contributed by atoms with Gasteiger partial charge in [0.15, 0.2) is 0 Å². The standard InChI is InChI=1S/C12H17NO3S/c1-10-4-2-6-12(8-10)17(15,16)13-7-3-5-11(14)9-13/h2,4,6,8,11,14H,3,5,7,9H2,1H3/t11-/m1/s1. The summed E-state index contributed by atoms with van der Waals surface area (Å²) in [5.74, 6) is 0. The number of hydrogen-bond acceptors (Lipinski definition) is 3. The molecule has 1 saturated heterocycles. The van der Waals surface area contributed by atoms with E-state index in [1.807, 2.05) is 13.0 Å². The van der Waals surface area contributed by atoms with Crippen molar-refractivity contribution in [3.05, 3.63) is 29.8 Å². The first-order chi connectivity index (χ1) is 8.00. The van der Waals surface area contributed by atoms with Gasteiger partial charge < -0.3 is 5.11 Å². The molecule has 4 nitrogen and oxygen atoms in total. The van der Waals surface area contributed by atoms with Crippen molar-refractivity contribution in [2.24, 2.45) is 0 Å². The van der Waals surface area contributed by atoms with Gasteiger partial charge in [-0.3, -0.25) is 0 Å². The number of hydrogen-bond donors (Lipinski definition) is 1. The van der Waals surface area contributed by atoms with Crippen LogP contribution in [-0.4, -0.2) is 37.0 Å². The van der Waals surface area contributed by atoms with Crippen molar-refractivity contribution in [2.75, 3.05) is 13.1 Å².